The minimum atomic E-state index is -0.586. The van der Waals surface area contributed by atoms with E-state index in [1.165, 1.54) is 6.26 Å². The SMILES string of the molecule is NC1=C2CC(Nc3nc(Nc4ccc(Cl)c(Cl)c4)ncc3F)=CC=C2OC=C1. The van der Waals surface area contributed by atoms with E-state index >= 15 is 0 Å². The molecule has 6 nitrogen and oxygen atoms in total. The topological polar surface area (TPSA) is 85.1 Å². The van der Waals surface area contributed by atoms with Gasteiger partial charge in [-0.3, -0.25) is 0 Å². The quantitative estimate of drug-likeness (QED) is 0.648. The predicted molar refractivity (Wildman–Crippen MR) is 108 cm³/mol. The normalized spacial score (nSPS) is 15.4. The van der Waals surface area contributed by atoms with Gasteiger partial charge in [0.1, 0.15) is 5.76 Å². The van der Waals surface area contributed by atoms with E-state index in [9.17, 15) is 4.39 Å². The molecule has 2 aliphatic rings. The molecule has 1 aliphatic heterocycles. The van der Waals surface area contributed by atoms with Crippen LogP contribution in [0.2, 0.25) is 10.0 Å². The molecule has 4 N–H and O–H groups in total. The summed E-state index contributed by atoms with van der Waals surface area (Å²) < 4.78 is 19.6. The fourth-order valence-electron chi connectivity index (χ4n) is 2.71. The number of fused-ring (bicyclic) bond motifs is 1. The van der Waals surface area contributed by atoms with Crippen molar-refractivity contribution in [1.29, 1.82) is 0 Å². The van der Waals surface area contributed by atoms with Gasteiger partial charge in [0, 0.05) is 29.1 Å². The van der Waals surface area contributed by atoms with Crippen molar-refractivity contribution in [3.8, 4) is 0 Å². The Morgan fingerprint density at radius 2 is 2.00 bits per heavy atom. The zero-order valence-corrected chi connectivity index (χ0v) is 15.9. The van der Waals surface area contributed by atoms with Crippen LogP contribution in [0.3, 0.4) is 0 Å². The van der Waals surface area contributed by atoms with E-state index in [-0.39, 0.29) is 11.8 Å². The molecule has 2 aromatic rings. The molecule has 0 unspecified atom stereocenters. The summed E-state index contributed by atoms with van der Waals surface area (Å²) in [6.07, 6.45) is 8.31. The van der Waals surface area contributed by atoms with Crippen molar-refractivity contribution < 1.29 is 9.13 Å². The summed E-state index contributed by atoms with van der Waals surface area (Å²) in [5.74, 6) is 0.331. The number of ether oxygens (including phenoxy) is 1. The number of allylic oxidation sites excluding steroid dienone is 5. The van der Waals surface area contributed by atoms with Gasteiger partial charge in [0.15, 0.2) is 11.6 Å². The van der Waals surface area contributed by atoms with E-state index in [0.717, 1.165) is 17.5 Å². The summed E-state index contributed by atoms with van der Waals surface area (Å²) in [6, 6.07) is 4.99. The zero-order chi connectivity index (χ0) is 19.7. The molecule has 0 radical (unpaired) electrons. The fourth-order valence-corrected chi connectivity index (χ4v) is 3.00. The summed E-state index contributed by atoms with van der Waals surface area (Å²) in [5.41, 5.74) is 8.78. The van der Waals surface area contributed by atoms with Crippen molar-refractivity contribution in [3.63, 3.8) is 0 Å². The Labute approximate surface area is 170 Å². The first-order valence-corrected chi connectivity index (χ1v) is 9.00. The van der Waals surface area contributed by atoms with Crippen LogP contribution in [0.1, 0.15) is 6.42 Å². The van der Waals surface area contributed by atoms with Gasteiger partial charge in [0.2, 0.25) is 5.95 Å². The third-order valence-corrected chi connectivity index (χ3v) is 4.83. The van der Waals surface area contributed by atoms with E-state index in [1.54, 1.807) is 36.4 Å². The highest BCUT2D eigenvalue weighted by Crippen LogP contribution is 2.31. The third-order valence-electron chi connectivity index (χ3n) is 4.09. The summed E-state index contributed by atoms with van der Waals surface area (Å²) in [4.78, 5) is 8.15. The van der Waals surface area contributed by atoms with Crippen molar-refractivity contribution in [2.75, 3.05) is 10.6 Å². The Bertz CT molecular complexity index is 1080. The minimum absolute atomic E-state index is 0.0344. The largest absolute Gasteiger partial charge is 0.465 e. The summed E-state index contributed by atoms with van der Waals surface area (Å²) >= 11 is 11.9. The molecule has 1 aliphatic carbocycles. The Kier molecular flexibility index (Phi) is 4.93. The molecular weight excluding hydrogens is 404 g/mol. The molecular formula is C19H14Cl2FN5O. The van der Waals surface area contributed by atoms with Gasteiger partial charge in [0.05, 0.1) is 22.5 Å². The molecule has 0 spiro atoms. The molecule has 0 atom stereocenters. The first kappa shape index (κ1) is 18.3. The molecule has 28 heavy (non-hydrogen) atoms. The molecule has 0 saturated carbocycles. The Morgan fingerprint density at radius 3 is 2.82 bits per heavy atom. The number of nitrogens with one attached hydrogen (secondary N) is 2. The van der Waals surface area contributed by atoms with Crippen molar-refractivity contribution in [1.82, 2.24) is 9.97 Å². The van der Waals surface area contributed by atoms with Crippen LogP contribution in [-0.2, 0) is 4.74 Å². The van der Waals surface area contributed by atoms with Gasteiger partial charge < -0.3 is 21.1 Å². The monoisotopic (exact) mass is 417 g/mol. The van der Waals surface area contributed by atoms with Crippen molar-refractivity contribution in [2.45, 2.75) is 6.42 Å². The molecule has 1 aromatic heterocycles. The van der Waals surface area contributed by atoms with Crippen LogP contribution in [0.15, 0.2) is 71.6 Å². The summed E-state index contributed by atoms with van der Waals surface area (Å²) in [6.45, 7) is 0. The van der Waals surface area contributed by atoms with Crippen LogP contribution in [0, 0.1) is 5.82 Å². The van der Waals surface area contributed by atoms with E-state index in [4.69, 9.17) is 33.7 Å². The molecule has 0 bridgehead atoms. The fraction of sp³-hybridized carbons (Fsp3) is 0.0526. The van der Waals surface area contributed by atoms with Crippen LogP contribution in [-0.4, -0.2) is 9.97 Å². The number of anilines is 3. The third kappa shape index (κ3) is 3.81. The van der Waals surface area contributed by atoms with E-state index in [1.807, 2.05) is 0 Å². The van der Waals surface area contributed by atoms with E-state index in [0.29, 0.717) is 33.6 Å². The average molecular weight is 418 g/mol. The molecule has 0 saturated heterocycles. The Morgan fingerprint density at radius 1 is 1.14 bits per heavy atom. The van der Waals surface area contributed by atoms with Crippen LogP contribution in [0.25, 0.3) is 0 Å². The van der Waals surface area contributed by atoms with Gasteiger partial charge >= 0.3 is 0 Å². The second kappa shape index (κ2) is 7.53. The maximum Gasteiger partial charge on any atom is 0.229 e. The number of hydrogen-bond acceptors (Lipinski definition) is 6. The lowest BCUT2D eigenvalue weighted by Crippen LogP contribution is -2.14. The molecule has 4 rings (SSSR count). The maximum atomic E-state index is 14.2. The number of aromatic nitrogens is 2. The molecule has 0 fully saturated rings. The lowest BCUT2D eigenvalue weighted by molar-refractivity contribution is 0.351. The number of rotatable bonds is 4. The lowest BCUT2D eigenvalue weighted by Gasteiger charge is -2.22. The zero-order valence-electron chi connectivity index (χ0n) is 14.3. The molecule has 9 heteroatoms. The molecule has 1 aromatic carbocycles. The smallest absolute Gasteiger partial charge is 0.229 e. The first-order chi connectivity index (χ1) is 13.5. The molecule has 0 amide bonds. The number of nitrogens with two attached hydrogens (primary N) is 1. The van der Waals surface area contributed by atoms with Crippen LogP contribution < -0.4 is 16.4 Å². The molecule has 2 heterocycles. The second-order valence-corrected chi connectivity index (χ2v) is 6.84. The number of hydrogen-bond donors (Lipinski definition) is 3. The Balaban J connectivity index is 1.55. The van der Waals surface area contributed by atoms with Gasteiger partial charge in [0.25, 0.3) is 0 Å². The van der Waals surface area contributed by atoms with Crippen LogP contribution in [0.4, 0.5) is 21.8 Å². The highest BCUT2D eigenvalue weighted by molar-refractivity contribution is 6.42. The first-order valence-electron chi connectivity index (χ1n) is 8.24. The lowest BCUT2D eigenvalue weighted by atomic mass is 9.99. The van der Waals surface area contributed by atoms with Gasteiger partial charge in [-0.15, -0.1) is 0 Å². The van der Waals surface area contributed by atoms with E-state index < -0.39 is 5.82 Å². The van der Waals surface area contributed by atoms with Gasteiger partial charge in [-0.2, -0.15) is 4.98 Å². The van der Waals surface area contributed by atoms with Crippen LogP contribution in [0.5, 0.6) is 0 Å². The van der Waals surface area contributed by atoms with Gasteiger partial charge in [-0.05, 0) is 36.4 Å². The van der Waals surface area contributed by atoms with Gasteiger partial charge in [-0.1, -0.05) is 23.2 Å². The second-order valence-electron chi connectivity index (χ2n) is 6.02. The van der Waals surface area contributed by atoms with Crippen molar-refractivity contribution >= 4 is 40.7 Å². The number of benzene rings is 1. The number of halogens is 3. The minimum Gasteiger partial charge on any atom is -0.465 e. The average Bonchev–Trinajstić information content (AvgIpc) is 2.68. The number of nitrogens with zero attached hydrogens (tertiary/aromatic N) is 2. The highest BCUT2D eigenvalue weighted by Gasteiger charge is 2.20. The maximum absolute atomic E-state index is 14.2. The summed E-state index contributed by atoms with van der Waals surface area (Å²) in [5, 5.41) is 6.77. The van der Waals surface area contributed by atoms with Crippen molar-refractivity contribution in [3.05, 3.63) is 87.5 Å². The Hall–Kier alpha value is -3.03. The van der Waals surface area contributed by atoms with E-state index in [2.05, 4.69) is 20.6 Å². The highest BCUT2D eigenvalue weighted by atomic mass is 35.5. The summed E-state index contributed by atoms with van der Waals surface area (Å²) in [7, 11) is 0. The van der Waals surface area contributed by atoms with Crippen molar-refractivity contribution in [2.24, 2.45) is 5.73 Å². The van der Waals surface area contributed by atoms with Gasteiger partial charge in [-0.25, -0.2) is 9.37 Å². The van der Waals surface area contributed by atoms with Crippen LogP contribution >= 0.6 is 23.2 Å². The predicted octanol–water partition coefficient (Wildman–Crippen LogP) is 5.01. The standard InChI is InChI=1S/C19H14Cl2FN5O/c20-13-3-1-11(8-14(13)21)26-19-24-9-15(22)18(27-19)25-10-2-4-17-12(7-10)16(23)5-6-28-17/h1-6,8-9H,7,23H2,(H2,24,25,26,27). The molecule has 142 valence electrons.